The van der Waals surface area contributed by atoms with E-state index in [1.165, 1.54) is 13.2 Å². The molecule has 1 N–H and O–H groups in total. The van der Waals surface area contributed by atoms with Crippen molar-refractivity contribution < 1.29 is 32.3 Å². The van der Waals surface area contributed by atoms with Gasteiger partial charge in [-0.15, -0.1) is 0 Å². The number of aryl methyl sites for hydroxylation is 1. The van der Waals surface area contributed by atoms with E-state index in [0.717, 1.165) is 9.87 Å². The highest BCUT2D eigenvalue weighted by Crippen LogP contribution is 2.35. The topological polar surface area (TPSA) is 119 Å². The molecule has 3 rings (SSSR count). The van der Waals surface area contributed by atoms with Crippen LogP contribution in [0.2, 0.25) is 0 Å². The number of nitrogens with zero attached hydrogens (tertiary/aromatic N) is 2. The molecule has 0 amide bonds. The molecule has 0 aliphatic rings. The first kappa shape index (κ1) is 27.4. The number of hydrogen-bond acceptors (Lipinski definition) is 7. The van der Waals surface area contributed by atoms with Crippen molar-refractivity contribution in [3.05, 3.63) is 64.8 Å². The maximum absolute atomic E-state index is 14.0. The lowest BCUT2D eigenvalue weighted by Crippen LogP contribution is -2.34. The van der Waals surface area contributed by atoms with Gasteiger partial charge < -0.3 is 19.1 Å². The van der Waals surface area contributed by atoms with Crippen LogP contribution in [-0.4, -0.2) is 51.7 Å². The molecule has 1 heterocycles. The minimum absolute atomic E-state index is 0.0328. The summed E-state index contributed by atoms with van der Waals surface area (Å²) in [5.41, 5.74) is 2.57. The van der Waals surface area contributed by atoms with Crippen molar-refractivity contribution in [1.29, 1.82) is 0 Å². The van der Waals surface area contributed by atoms with E-state index in [9.17, 15) is 18.3 Å². The Morgan fingerprint density at radius 3 is 2.44 bits per heavy atom. The van der Waals surface area contributed by atoms with E-state index in [-0.39, 0.29) is 41.9 Å². The minimum Gasteiger partial charge on any atom is -0.478 e. The van der Waals surface area contributed by atoms with Crippen LogP contribution in [0.4, 0.5) is 5.88 Å². The van der Waals surface area contributed by atoms with Gasteiger partial charge in [0.15, 0.2) is 0 Å². The van der Waals surface area contributed by atoms with Crippen LogP contribution >= 0.6 is 0 Å². The number of anilines is 1. The second-order valence-electron chi connectivity index (χ2n) is 8.86. The van der Waals surface area contributed by atoms with Gasteiger partial charge >= 0.3 is 5.97 Å². The van der Waals surface area contributed by atoms with E-state index < -0.39 is 16.0 Å². The zero-order valence-electron chi connectivity index (χ0n) is 21.1. The number of carbonyl (C=O) groups is 1. The molecule has 0 aliphatic heterocycles. The first-order valence-electron chi connectivity index (χ1n) is 11.6. The zero-order valence-corrected chi connectivity index (χ0v) is 22.0. The van der Waals surface area contributed by atoms with Gasteiger partial charge in [0.1, 0.15) is 6.73 Å². The largest absolute Gasteiger partial charge is 0.478 e. The fourth-order valence-corrected chi connectivity index (χ4v) is 5.34. The van der Waals surface area contributed by atoms with Gasteiger partial charge in [-0.1, -0.05) is 49.3 Å². The highest BCUT2D eigenvalue weighted by Gasteiger charge is 2.33. The van der Waals surface area contributed by atoms with E-state index in [2.05, 4.69) is 5.16 Å². The quantitative estimate of drug-likeness (QED) is 0.272. The van der Waals surface area contributed by atoms with Crippen molar-refractivity contribution in [3.63, 3.8) is 0 Å². The molecule has 36 heavy (non-hydrogen) atoms. The number of sulfonamides is 1. The van der Waals surface area contributed by atoms with E-state index in [1.807, 2.05) is 19.9 Å². The molecule has 0 unspecified atom stereocenters. The summed E-state index contributed by atoms with van der Waals surface area (Å²) >= 11 is 0. The standard InChI is InChI=1S/C26H32N2O7S/c1-17(2)14-20-10-11-21(23(15-20)26(29)30)22-8-6-7-9-24(22)36(31,32)28(16-34-13-12-33-5)25-18(3)19(4)27-35-25/h6-11,15,17H,12-14,16H2,1-5H3,(H,29,30). The van der Waals surface area contributed by atoms with Crippen LogP contribution in [0.3, 0.4) is 0 Å². The highest BCUT2D eigenvalue weighted by molar-refractivity contribution is 7.93. The van der Waals surface area contributed by atoms with Crippen LogP contribution in [0, 0.1) is 19.8 Å². The molecule has 0 aliphatic carbocycles. The summed E-state index contributed by atoms with van der Waals surface area (Å²) < 4.78 is 45.0. The van der Waals surface area contributed by atoms with Crippen molar-refractivity contribution in [1.82, 2.24) is 5.16 Å². The molecular formula is C26H32N2O7S. The molecule has 0 atom stereocenters. The number of aromatic nitrogens is 1. The Bertz CT molecular complexity index is 1320. The van der Waals surface area contributed by atoms with Crippen LogP contribution in [0.15, 0.2) is 51.9 Å². The fraction of sp³-hybridized carbons (Fsp3) is 0.385. The average molecular weight is 517 g/mol. The SMILES string of the molecule is COCCOCN(c1onc(C)c1C)S(=O)(=O)c1ccccc1-c1ccc(CC(C)C)cc1C(=O)O. The fourth-order valence-electron chi connectivity index (χ4n) is 3.80. The van der Waals surface area contributed by atoms with E-state index in [1.54, 1.807) is 44.2 Å². The Labute approximate surface area is 211 Å². The summed E-state index contributed by atoms with van der Waals surface area (Å²) in [5, 5.41) is 13.9. The molecule has 0 spiro atoms. The number of aromatic carboxylic acids is 1. The number of carboxylic acids is 1. The Balaban J connectivity index is 2.15. The van der Waals surface area contributed by atoms with Gasteiger partial charge in [-0.3, -0.25) is 0 Å². The van der Waals surface area contributed by atoms with Crippen molar-refractivity contribution in [2.24, 2.45) is 5.92 Å². The second kappa shape index (κ2) is 11.7. The van der Waals surface area contributed by atoms with Crippen LogP contribution in [0.5, 0.6) is 0 Å². The Morgan fingerprint density at radius 2 is 1.83 bits per heavy atom. The number of methoxy groups -OCH3 is 1. The Hall–Kier alpha value is -3.21. The molecule has 0 bridgehead atoms. The molecule has 1 aromatic heterocycles. The summed E-state index contributed by atoms with van der Waals surface area (Å²) in [6.07, 6.45) is 0.706. The summed E-state index contributed by atoms with van der Waals surface area (Å²) in [4.78, 5) is 12.1. The second-order valence-corrected chi connectivity index (χ2v) is 10.7. The van der Waals surface area contributed by atoms with E-state index in [0.29, 0.717) is 29.2 Å². The van der Waals surface area contributed by atoms with Gasteiger partial charge in [0, 0.05) is 18.2 Å². The van der Waals surface area contributed by atoms with Crippen LogP contribution in [0.1, 0.15) is 41.0 Å². The monoisotopic (exact) mass is 516 g/mol. The smallest absolute Gasteiger partial charge is 0.336 e. The molecule has 0 saturated carbocycles. The summed E-state index contributed by atoms with van der Waals surface area (Å²) in [7, 11) is -2.74. The number of benzene rings is 2. The van der Waals surface area contributed by atoms with Gasteiger partial charge in [-0.05, 0) is 49.4 Å². The lowest BCUT2D eigenvalue weighted by atomic mass is 9.94. The molecule has 0 saturated heterocycles. The van der Waals surface area contributed by atoms with E-state index >= 15 is 0 Å². The van der Waals surface area contributed by atoms with Crippen LogP contribution in [0.25, 0.3) is 11.1 Å². The number of hydrogen-bond donors (Lipinski definition) is 1. The molecule has 0 radical (unpaired) electrons. The van der Waals surface area contributed by atoms with E-state index in [4.69, 9.17) is 14.0 Å². The molecule has 9 nitrogen and oxygen atoms in total. The number of rotatable bonds is 12. The van der Waals surface area contributed by atoms with Crippen molar-refractivity contribution >= 4 is 21.9 Å². The van der Waals surface area contributed by atoms with Crippen molar-refractivity contribution in [3.8, 4) is 11.1 Å². The zero-order chi connectivity index (χ0) is 26.5. The summed E-state index contributed by atoms with van der Waals surface area (Å²) in [6, 6.07) is 11.4. The number of carboxylic acid groups (broad SMARTS) is 1. The first-order valence-corrected chi connectivity index (χ1v) is 13.0. The lowest BCUT2D eigenvalue weighted by molar-refractivity contribution is 0.0697. The molecule has 2 aromatic carbocycles. The lowest BCUT2D eigenvalue weighted by Gasteiger charge is -2.23. The predicted molar refractivity (Wildman–Crippen MR) is 136 cm³/mol. The minimum atomic E-state index is -4.26. The molecule has 194 valence electrons. The third-order valence-corrected chi connectivity index (χ3v) is 7.47. The van der Waals surface area contributed by atoms with Crippen molar-refractivity contribution in [2.45, 2.75) is 39.0 Å². The normalized spacial score (nSPS) is 11.7. The van der Waals surface area contributed by atoms with Gasteiger partial charge in [0.2, 0.25) is 5.88 Å². The summed E-state index contributed by atoms with van der Waals surface area (Å²) in [6.45, 7) is 7.62. The maximum atomic E-state index is 14.0. The first-order chi connectivity index (χ1) is 17.1. The number of ether oxygens (including phenoxy) is 2. The third-order valence-electron chi connectivity index (χ3n) is 5.70. The summed E-state index contributed by atoms with van der Waals surface area (Å²) in [5.74, 6) is -0.764. The third kappa shape index (κ3) is 5.95. The van der Waals surface area contributed by atoms with Crippen LogP contribution in [-0.2, 0) is 25.9 Å². The van der Waals surface area contributed by atoms with Gasteiger partial charge in [0.05, 0.1) is 29.4 Å². The highest BCUT2D eigenvalue weighted by atomic mass is 32.2. The molecule has 3 aromatic rings. The van der Waals surface area contributed by atoms with Crippen molar-refractivity contribution in [2.75, 3.05) is 31.4 Å². The Morgan fingerprint density at radius 1 is 1.11 bits per heavy atom. The Kier molecular flexibility index (Phi) is 8.89. The van der Waals surface area contributed by atoms with Crippen LogP contribution < -0.4 is 4.31 Å². The molecule has 10 heteroatoms. The van der Waals surface area contributed by atoms with Gasteiger partial charge in [-0.2, -0.15) is 0 Å². The van der Waals surface area contributed by atoms with Gasteiger partial charge in [0.25, 0.3) is 10.0 Å². The maximum Gasteiger partial charge on any atom is 0.336 e. The van der Waals surface area contributed by atoms with Gasteiger partial charge in [-0.25, -0.2) is 17.5 Å². The molecular weight excluding hydrogens is 484 g/mol. The molecule has 0 fully saturated rings. The predicted octanol–water partition coefficient (Wildman–Crippen LogP) is 4.67. The average Bonchev–Trinajstić information content (AvgIpc) is 3.16.